The molecule has 298 valence electrons. The molecule has 1 N–H and O–H groups in total. The summed E-state index contributed by atoms with van der Waals surface area (Å²) in [6.07, 6.45) is 3.53. The smallest absolute Gasteiger partial charge is 0.410 e. The number of halogens is 1. The normalized spacial score (nSPS) is 27.8. The van der Waals surface area contributed by atoms with Crippen LogP contribution in [0.25, 0.3) is 0 Å². The molecule has 16 heteroatoms. The Balaban J connectivity index is 1.30. The van der Waals surface area contributed by atoms with Gasteiger partial charge in [-0.3, -0.25) is 33.6 Å². The minimum Gasteiger partial charge on any atom is -0.460 e. The Morgan fingerprint density at radius 3 is 2.49 bits per heavy atom. The standard InChI is InChI=1S/C39H49FN4O10S/c1-5-33(46)42-15-7-6-10-26-19-39(26,36(49)41-55(51,52)28-12-13-28)20-32(45)31-18-27(53-37(50)43-21-25-9-8-11-30(40)29(25)23-43)22-44(31)35(48)24(14-16-42)17-34(47)54-38(2,3)4/h5-6,8-11,24,26-28,31H,1,7,12-23H2,2-4H3,(H,41,49)/b10-6-/t24-,26-,27?,31?,39-/m1/s1. The molecule has 1 aromatic carbocycles. The molecule has 3 fully saturated rings. The van der Waals surface area contributed by atoms with E-state index in [1.807, 2.05) is 0 Å². The number of fused-ring (bicyclic) bond motifs is 3. The summed E-state index contributed by atoms with van der Waals surface area (Å²) in [5.41, 5.74) is -1.26. The van der Waals surface area contributed by atoms with Crippen molar-refractivity contribution in [2.45, 2.75) is 108 Å². The molecule has 0 spiro atoms. The average Bonchev–Trinajstić information content (AvgIpc) is 3.99. The number of nitrogens with one attached hydrogen (secondary N) is 1. The summed E-state index contributed by atoms with van der Waals surface area (Å²) >= 11 is 0. The summed E-state index contributed by atoms with van der Waals surface area (Å²) < 4.78 is 53.8. The molecule has 55 heavy (non-hydrogen) atoms. The van der Waals surface area contributed by atoms with Crippen LogP contribution in [0.4, 0.5) is 9.18 Å². The van der Waals surface area contributed by atoms with E-state index in [-0.39, 0.29) is 64.8 Å². The first-order chi connectivity index (χ1) is 25.9. The van der Waals surface area contributed by atoms with Crippen LogP contribution in [0.5, 0.6) is 0 Å². The number of carbonyl (C=O) groups excluding carboxylic acids is 6. The summed E-state index contributed by atoms with van der Waals surface area (Å²) in [7, 11) is -3.94. The van der Waals surface area contributed by atoms with Crippen molar-refractivity contribution in [3.05, 3.63) is 60.0 Å². The van der Waals surface area contributed by atoms with Gasteiger partial charge in [-0.15, -0.1) is 0 Å². The predicted molar refractivity (Wildman–Crippen MR) is 195 cm³/mol. The molecule has 4 amide bonds. The quantitative estimate of drug-likeness (QED) is 0.245. The van der Waals surface area contributed by atoms with Crippen molar-refractivity contribution < 1.29 is 51.0 Å². The Bertz CT molecular complexity index is 1910. The molecule has 1 aromatic rings. The number of carbonyl (C=O) groups is 6. The molecular formula is C39H49FN4O10S. The average molecular weight is 785 g/mol. The lowest BCUT2D eigenvalue weighted by molar-refractivity contribution is -0.159. The lowest BCUT2D eigenvalue weighted by Gasteiger charge is -2.30. The van der Waals surface area contributed by atoms with E-state index in [4.69, 9.17) is 9.47 Å². The van der Waals surface area contributed by atoms with E-state index >= 15 is 0 Å². The highest BCUT2D eigenvalue weighted by Crippen LogP contribution is 2.57. The summed E-state index contributed by atoms with van der Waals surface area (Å²) in [6, 6.07) is 3.39. The van der Waals surface area contributed by atoms with E-state index in [1.165, 1.54) is 20.8 Å². The summed E-state index contributed by atoms with van der Waals surface area (Å²) in [5.74, 6) is -4.95. The number of allylic oxidation sites excluding steroid dienone is 1. The van der Waals surface area contributed by atoms with Gasteiger partial charge < -0.3 is 19.3 Å². The van der Waals surface area contributed by atoms with Gasteiger partial charge in [-0.05, 0) is 76.5 Å². The van der Waals surface area contributed by atoms with Gasteiger partial charge in [0.05, 0.1) is 42.1 Å². The van der Waals surface area contributed by atoms with Crippen molar-refractivity contribution >= 4 is 45.6 Å². The molecule has 5 aliphatic rings. The molecule has 2 saturated carbocycles. The molecule has 14 nitrogen and oxygen atoms in total. The van der Waals surface area contributed by atoms with Crippen LogP contribution in [0.1, 0.15) is 83.3 Å². The number of Topliss-reactive ketones (excluding diaryl/α,β-unsaturated/α-hetero) is 1. The van der Waals surface area contributed by atoms with Gasteiger partial charge in [0.1, 0.15) is 17.5 Å². The third-order valence-corrected chi connectivity index (χ3v) is 12.8. The molecule has 1 saturated heterocycles. The van der Waals surface area contributed by atoms with Gasteiger partial charge in [-0.2, -0.15) is 0 Å². The van der Waals surface area contributed by atoms with Gasteiger partial charge in [0.2, 0.25) is 27.7 Å². The second kappa shape index (κ2) is 15.5. The van der Waals surface area contributed by atoms with E-state index in [0.717, 1.165) is 6.08 Å². The van der Waals surface area contributed by atoms with Gasteiger partial charge in [0.15, 0.2) is 5.78 Å². The first-order valence-corrected chi connectivity index (χ1v) is 20.4. The van der Waals surface area contributed by atoms with Crippen LogP contribution in [0.2, 0.25) is 0 Å². The first kappa shape index (κ1) is 40.1. The second-order valence-corrected chi connectivity index (χ2v) is 18.3. The highest BCUT2D eigenvalue weighted by molar-refractivity contribution is 7.90. The predicted octanol–water partition coefficient (Wildman–Crippen LogP) is 3.53. The number of sulfonamides is 1. The number of hydrogen-bond acceptors (Lipinski definition) is 10. The number of ether oxygens (including phenoxy) is 2. The van der Waals surface area contributed by atoms with Gasteiger partial charge in [-0.1, -0.05) is 30.9 Å². The number of esters is 1. The van der Waals surface area contributed by atoms with Crippen molar-refractivity contribution in [3.8, 4) is 0 Å². The van der Waals surface area contributed by atoms with Crippen molar-refractivity contribution in [1.82, 2.24) is 19.4 Å². The Morgan fingerprint density at radius 2 is 1.82 bits per heavy atom. The van der Waals surface area contributed by atoms with Gasteiger partial charge in [0.25, 0.3) is 0 Å². The number of ketones is 1. The van der Waals surface area contributed by atoms with Crippen LogP contribution in [0, 0.1) is 23.1 Å². The molecule has 3 heterocycles. The number of hydrogen-bond donors (Lipinski definition) is 1. The van der Waals surface area contributed by atoms with Gasteiger partial charge in [-0.25, -0.2) is 17.6 Å². The van der Waals surface area contributed by atoms with Crippen molar-refractivity contribution in [2.75, 3.05) is 19.6 Å². The second-order valence-electron chi connectivity index (χ2n) is 16.3. The molecule has 2 aliphatic carbocycles. The monoisotopic (exact) mass is 784 g/mol. The molecule has 0 aromatic heterocycles. The minimum absolute atomic E-state index is 0.0211. The van der Waals surface area contributed by atoms with Crippen molar-refractivity contribution in [1.29, 1.82) is 0 Å². The fourth-order valence-electron chi connectivity index (χ4n) is 7.81. The molecule has 3 aliphatic heterocycles. The number of benzene rings is 1. The third kappa shape index (κ3) is 9.11. The maximum absolute atomic E-state index is 14.6. The van der Waals surface area contributed by atoms with Crippen LogP contribution in [0.3, 0.4) is 0 Å². The third-order valence-electron chi connectivity index (χ3n) is 11.0. The molecule has 0 bridgehead atoms. The molecule has 5 atom stereocenters. The largest absolute Gasteiger partial charge is 0.460 e. The van der Waals surface area contributed by atoms with Crippen molar-refractivity contribution in [3.63, 3.8) is 0 Å². The summed E-state index contributed by atoms with van der Waals surface area (Å²) in [6.45, 7) is 8.84. The van der Waals surface area contributed by atoms with Gasteiger partial charge in [0, 0.05) is 38.0 Å². The van der Waals surface area contributed by atoms with Gasteiger partial charge >= 0.3 is 12.1 Å². The highest BCUT2D eigenvalue weighted by Gasteiger charge is 2.61. The topological polar surface area (TPSA) is 177 Å². The van der Waals surface area contributed by atoms with E-state index in [9.17, 15) is 41.6 Å². The van der Waals surface area contributed by atoms with Crippen LogP contribution in [0.15, 0.2) is 43.0 Å². The van der Waals surface area contributed by atoms with Crippen molar-refractivity contribution in [2.24, 2.45) is 17.3 Å². The Morgan fingerprint density at radius 1 is 1.07 bits per heavy atom. The van der Waals surface area contributed by atoms with E-state index in [2.05, 4.69) is 11.3 Å². The maximum Gasteiger partial charge on any atom is 0.410 e. The zero-order valence-corrected chi connectivity index (χ0v) is 32.3. The summed E-state index contributed by atoms with van der Waals surface area (Å²) in [4.78, 5) is 86.4. The fraction of sp³-hybridized carbons (Fsp3) is 0.590. The first-order valence-electron chi connectivity index (χ1n) is 18.8. The maximum atomic E-state index is 14.6. The SMILES string of the molecule is C=CC(=O)N1CC/C=C\[C@@H]2C[C@@]2(C(=O)NS(=O)(=O)C2CC2)CC(=O)C2CC(OC(=O)N3Cc4cccc(F)c4C3)CN2C(=O)[C@@H](CC(=O)OC(C)(C)C)CC1. The summed E-state index contributed by atoms with van der Waals surface area (Å²) in [5, 5.41) is -0.674. The molecule has 2 unspecified atom stereocenters. The van der Waals surface area contributed by atoms with Crippen LogP contribution < -0.4 is 4.72 Å². The fourth-order valence-corrected chi connectivity index (χ4v) is 9.19. The lowest BCUT2D eigenvalue weighted by atomic mass is 9.91. The number of amides is 4. The highest BCUT2D eigenvalue weighted by atomic mass is 32.2. The molecule has 6 rings (SSSR count). The zero-order chi connectivity index (χ0) is 39.9. The Hall–Kier alpha value is -4.60. The Kier molecular flexibility index (Phi) is 11.3. The molecule has 0 radical (unpaired) electrons. The number of nitrogens with zero attached hydrogens (tertiary/aromatic N) is 3. The van der Waals surface area contributed by atoms with Crippen LogP contribution in [-0.4, -0.2) is 101 Å². The van der Waals surface area contributed by atoms with E-state index < -0.39 is 91.7 Å². The van der Waals surface area contributed by atoms with E-state index in [1.54, 1.807) is 45.1 Å². The van der Waals surface area contributed by atoms with Crippen LogP contribution >= 0.6 is 0 Å². The van der Waals surface area contributed by atoms with E-state index in [0.29, 0.717) is 30.4 Å². The lowest BCUT2D eigenvalue weighted by Crippen LogP contribution is -2.47. The zero-order valence-electron chi connectivity index (χ0n) is 31.5. The molecular weight excluding hydrogens is 736 g/mol. The number of rotatable bonds is 7. The van der Waals surface area contributed by atoms with Crippen LogP contribution in [-0.2, 0) is 56.6 Å². The Labute approximate surface area is 320 Å². The minimum atomic E-state index is -3.94.